The monoisotopic (exact) mass is 343 g/mol. The Labute approximate surface area is 149 Å². The zero-order valence-corrected chi connectivity index (χ0v) is 14.3. The van der Waals surface area contributed by atoms with Crippen molar-refractivity contribution in [1.82, 2.24) is 24.7 Å². The van der Waals surface area contributed by atoms with Crippen LogP contribution in [0.15, 0.2) is 59.5 Å². The van der Waals surface area contributed by atoms with Gasteiger partial charge < -0.3 is 14.1 Å². The molecule has 2 aromatic carbocycles. The summed E-state index contributed by atoms with van der Waals surface area (Å²) in [6.45, 7) is 0. The first kappa shape index (κ1) is 14.9. The molecule has 26 heavy (non-hydrogen) atoms. The third kappa shape index (κ3) is 2.47. The number of fused-ring (bicyclic) bond motifs is 2. The fourth-order valence-corrected chi connectivity index (χ4v) is 3.32. The van der Waals surface area contributed by atoms with Crippen LogP contribution in [0.4, 0.5) is 0 Å². The van der Waals surface area contributed by atoms with Crippen LogP contribution in [-0.2, 0) is 19.9 Å². The summed E-state index contributed by atoms with van der Waals surface area (Å²) in [6.07, 6.45) is 5.42. The molecule has 128 valence electrons. The van der Waals surface area contributed by atoms with Crippen molar-refractivity contribution in [3.63, 3.8) is 0 Å². The van der Waals surface area contributed by atoms with Gasteiger partial charge in [-0.2, -0.15) is 4.98 Å². The molecule has 6 heteroatoms. The van der Waals surface area contributed by atoms with E-state index in [1.54, 1.807) is 6.33 Å². The molecule has 0 amide bonds. The molecular weight excluding hydrogens is 326 g/mol. The fraction of sp³-hybridized carbons (Fsp3) is 0.150. The van der Waals surface area contributed by atoms with Gasteiger partial charge in [-0.05, 0) is 36.2 Å². The average Bonchev–Trinajstić information content (AvgIpc) is 3.39. The number of rotatable bonds is 4. The van der Waals surface area contributed by atoms with E-state index >= 15 is 0 Å². The third-order valence-corrected chi connectivity index (χ3v) is 4.73. The van der Waals surface area contributed by atoms with Gasteiger partial charge in [0, 0.05) is 36.1 Å². The highest BCUT2D eigenvalue weighted by molar-refractivity contribution is 5.83. The predicted molar refractivity (Wildman–Crippen MR) is 99.7 cm³/mol. The number of aromatic nitrogens is 5. The van der Waals surface area contributed by atoms with Gasteiger partial charge in [0.05, 0.1) is 17.4 Å². The minimum atomic E-state index is 0.613. The number of hydrogen-bond acceptors (Lipinski definition) is 4. The van der Waals surface area contributed by atoms with E-state index in [9.17, 15) is 0 Å². The quantitative estimate of drug-likeness (QED) is 0.537. The molecule has 5 aromatic rings. The van der Waals surface area contributed by atoms with Crippen LogP contribution < -0.4 is 0 Å². The van der Waals surface area contributed by atoms with Gasteiger partial charge in [0.25, 0.3) is 0 Å². The molecule has 0 aliphatic carbocycles. The maximum atomic E-state index is 5.46. The first-order valence-corrected chi connectivity index (χ1v) is 8.57. The lowest BCUT2D eigenvalue weighted by atomic mass is 10.1. The molecule has 0 aliphatic heterocycles. The Morgan fingerprint density at radius 2 is 2.04 bits per heavy atom. The first-order valence-electron chi connectivity index (χ1n) is 8.57. The van der Waals surface area contributed by atoms with Crippen molar-refractivity contribution < 1.29 is 4.52 Å². The number of H-pyrrole nitrogens is 1. The van der Waals surface area contributed by atoms with Crippen LogP contribution in [0.2, 0.25) is 0 Å². The van der Waals surface area contributed by atoms with Crippen LogP contribution in [0.5, 0.6) is 0 Å². The van der Waals surface area contributed by atoms with Crippen molar-refractivity contribution in [2.24, 2.45) is 7.05 Å². The summed E-state index contributed by atoms with van der Waals surface area (Å²) in [7, 11) is 1.97. The van der Waals surface area contributed by atoms with Crippen molar-refractivity contribution in [3.8, 4) is 11.4 Å². The highest BCUT2D eigenvalue weighted by Crippen LogP contribution is 2.23. The Morgan fingerprint density at radius 3 is 3.00 bits per heavy atom. The Hall–Kier alpha value is -3.41. The van der Waals surface area contributed by atoms with Gasteiger partial charge in [-0.1, -0.05) is 23.4 Å². The van der Waals surface area contributed by atoms with Crippen molar-refractivity contribution in [3.05, 3.63) is 66.4 Å². The molecule has 0 radical (unpaired) electrons. The summed E-state index contributed by atoms with van der Waals surface area (Å²) in [5.41, 5.74) is 5.35. The molecule has 0 saturated carbocycles. The zero-order chi connectivity index (χ0) is 17.5. The number of para-hydroxylation sites is 1. The van der Waals surface area contributed by atoms with Crippen LogP contribution in [0.1, 0.15) is 11.5 Å². The summed E-state index contributed by atoms with van der Waals surface area (Å²) < 4.78 is 7.44. The molecule has 0 aliphatic rings. The molecule has 0 spiro atoms. The first-order chi connectivity index (χ1) is 12.8. The van der Waals surface area contributed by atoms with Gasteiger partial charge in [-0.25, -0.2) is 4.98 Å². The van der Waals surface area contributed by atoms with Crippen LogP contribution >= 0.6 is 0 Å². The minimum Gasteiger partial charge on any atom is -0.361 e. The molecule has 3 heterocycles. The lowest BCUT2D eigenvalue weighted by molar-refractivity contribution is 0.379. The van der Waals surface area contributed by atoms with E-state index in [0.717, 1.165) is 28.5 Å². The molecule has 0 bridgehead atoms. The predicted octanol–water partition coefficient (Wildman–Crippen LogP) is 3.89. The largest absolute Gasteiger partial charge is 0.361 e. The molecule has 5 rings (SSSR count). The number of nitrogens with zero attached hydrogens (tertiary/aromatic N) is 4. The van der Waals surface area contributed by atoms with Crippen molar-refractivity contribution in [2.45, 2.75) is 12.8 Å². The Morgan fingerprint density at radius 1 is 1.12 bits per heavy atom. The summed E-state index contributed by atoms with van der Waals surface area (Å²) >= 11 is 0. The second-order valence-electron chi connectivity index (χ2n) is 6.43. The average molecular weight is 343 g/mol. The standard InChI is InChI=1S/C20H17N5O/c1-25-12-22-17-8-6-13(10-18(17)25)20-23-19(26-24-20)9-7-14-11-21-16-5-3-2-4-15(14)16/h2-6,8,10-12,21H,7,9H2,1H3. The number of aryl methyl sites for hydroxylation is 3. The van der Waals surface area contributed by atoms with Crippen LogP contribution in [-0.4, -0.2) is 24.7 Å². The maximum absolute atomic E-state index is 5.46. The number of benzene rings is 2. The van der Waals surface area contributed by atoms with Gasteiger partial charge in [-0.3, -0.25) is 0 Å². The van der Waals surface area contributed by atoms with E-state index in [1.807, 2.05) is 35.9 Å². The highest BCUT2D eigenvalue weighted by atomic mass is 16.5. The Kier molecular flexibility index (Phi) is 3.35. The molecule has 0 fully saturated rings. The third-order valence-electron chi connectivity index (χ3n) is 4.73. The number of imidazole rings is 1. The summed E-state index contributed by atoms with van der Waals surface area (Å²) in [5.74, 6) is 1.26. The number of aromatic amines is 1. The van der Waals surface area contributed by atoms with Crippen LogP contribution in [0.3, 0.4) is 0 Å². The summed E-state index contributed by atoms with van der Waals surface area (Å²) in [6, 6.07) is 14.3. The summed E-state index contributed by atoms with van der Waals surface area (Å²) in [5, 5.41) is 5.39. The topological polar surface area (TPSA) is 72.5 Å². The number of nitrogens with one attached hydrogen (secondary N) is 1. The molecule has 0 atom stereocenters. The lowest BCUT2D eigenvalue weighted by Crippen LogP contribution is -1.91. The van der Waals surface area contributed by atoms with Crippen LogP contribution in [0.25, 0.3) is 33.3 Å². The van der Waals surface area contributed by atoms with Gasteiger partial charge in [-0.15, -0.1) is 0 Å². The van der Waals surface area contributed by atoms with Crippen molar-refractivity contribution in [2.75, 3.05) is 0 Å². The van der Waals surface area contributed by atoms with E-state index < -0.39 is 0 Å². The lowest BCUT2D eigenvalue weighted by Gasteiger charge is -1.97. The second-order valence-corrected chi connectivity index (χ2v) is 6.43. The van der Waals surface area contributed by atoms with Crippen molar-refractivity contribution in [1.29, 1.82) is 0 Å². The molecule has 0 unspecified atom stereocenters. The normalized spacial score (nSPS) is 11.6. The smallest absolute Gasteiger partial charge is 0.227 e. The van der Waals surface area contributed by atoms with Gasteiger partial charge >= 0.3 is 0 Å². The van der Waals surface area contributed by atoms with Gasteiger partial charge in [0.2, 0.25) is 11.7 Å². The SMILES string of the molecule is Cn1cnc2ccc(-c3noc(CCc4c[nH]c5ccccc45)n3)cc21. The highest BCUT2D eigenvalue weighted by Gasteiger charge is 2.12. The van der Waals surface area contributed by atoms with E-state index in [2.05, 4.69) is 44.5 Å². The Balaban J connectivity index is 1.38. The maximum Gasteiger partial charge on any atom is 0.227 e. The molecule has 3 aromatic heterocycles. The van der Waals surface area contributed by atoms with Gasteiger partial charge in [0.1, 0.15) is 0 Å². The fourth-order valence-electron chi connectivity index (χ4n) is 3.32. The van der Waals surface area contributed by atoms with E-state index in [0.29, 0.717) is 18.1 Å². The summed E-state index contributed by atoms with van der Waals surface area (Å²) in [4.78, 5) is 12.2. The number of hydrogen-bond donors (Lipinski definition) is 1. The molecule has 1 N–H and O–H groups in total. The zero-order valence-electron chi connectivity index (χ0n) is 14.3. The Bertz CT molecular complexity index is 1210. The molecule has 0 saturated heterocycles. The van der Waals surface area contributed by atoms with Crippen LogP contribution in [0, 0.1) is 0 Å². The van der Waals surface area contributed by atoms with E-state index in [1.165, 1.54) is 10.9 Å². The molecule has 6 nitrogen and oxygen atoms in total. The van der Waals surface area contributed by atoms with Gasteiger partial charge in [0.15, 0.2) is 0 Å². The molecular formula is C20H17N5O. The van der Waals surface area contributed by atoms with E-state index in [-0.39, 0.29) is 0 Å². The minimum absolute atomic E-state index is 0.613. The van der Waals surface area contributed by atoms with Crippen molar-refractivity contribution >= 4 is 21.9 Å². The second kappa shape index (κ2) is 5.84. The van der Waals surface area contributed by atoms with E-state index in [4.69, 9.17) is 4.52 Å².